The first-order valence-corrected chi connectivity index (χ1v) is 11.6. The zero-order valence-electron chi connectivity index (χ0n) is 20.0. The number of anilines is 2. The van der Waals surface area contributed by atoms with Crippen molar-refractivity contribution >= 4 is 23.2 Å². The van der Waals surface area contributed by atoms with E-state index in [-0.39, 0.29) is 18.4 Å². The van der Waals surface area contributed by atoms with Gasteiger partial charge in [0.05, 0.1) is 0 Å². The average molecular weight is 458 g/mol. The van der Waals surface area contributed by atoms with Crippen molar-refractivity contribution in [2.24, 2.45) is 0 Å². The van der Waals surface area contributed by atoms with Crippen molar-refractivity contribution in [3.63, 3.8) is 0 Å². The molecule has 0 atom stereocenters. The van der Waals surface area contributed by atoms with Crippen LogP contribution in [-0.2, 0) is 4.79 Å². The number of hydrogen-bond acceptors (Lipinski definition) is 4. The van der Waals surface area contributed by atoms with Crippen LogP contribution in [0, 0.1) is 20.8 Å². The van der Waals surface area contributed by atoms with Crippen LogP contribution < -0.4 is 15.0 Å². The van der Waals surface area contributed by atoms with Crippen molar-refractivity contribution in [1.82, 2.24) is 4.90 Å². The van der Waals surface area contributed by atoms with Gasteiger partial charge in [-0.15, -0.1) is 0 Å². The Kier molecular flexibility index (Phi) is 7.16. The van der Waals surface area contributed by atoms with E-state index >= 15 is 0 Å². The molecule has 0 aliphatic carbocycles. The number of amides is 2. The molecule has 34 heavy (non-hydrogen) atoms. The lowest BCUT2D eigenvalue weighted by Crippen LogP contribution is -2.48. The molecule has 0 spiro atoms. The van der Waals surface area contributed by atoms with Crippen LogP contribution in [-0.4, -0.2) is 49.5 Å². The Balaban J connectivity index is 1.25. The van der Waals surface area contributed by atoms with Crippen molar-refractivity contribution < 1.29 is 14.3 Å². The van der Waals surface area contributed by atoms with Gasteiger partial charge in [-0.05, 0) is 80.4 Å². The molecular weight excluding hydrogens is 426 g/mol. The second kappa shape index (κ2) is 10.4. The standard InChI is InChI=1S/C28H31N3O3/c1-20-4-7-23(8-5-20)28(33)31-16-14-30(15-17-31)25-11-9-24(10-12-25)29-27(32)19-34-26-13-6-21(2)22(3)18-26/h4-13,18H,14-17,19H2,1-3H3,(H,29,32). The van der Waals surface area contributed by atoms with Gasteiger partial charge in [0.25, 0.3) is 11.8 Å². The van der Waals surface area contributed by atoms with Crippen LogP contribution >= 0.6 is 0 Å². The SMILES string of the molecule is Cc1ccc(C(=O)N2CCN(c3ccc(NC(=O)COc4ccc(C)c(C)c4)cc3)CC2)cc1. The summed E-state index contributed by atoms with van der Waals surface area (Å²) in [4.78, 5) is 29.2. The van der Waals surface area contributed by atoms with Gasteiger partial charge in [-0.3, -0.25) is 9.59 Å². The van der Waals surface area contributed by atoms with Gasteiger partial charge in [-0.25, -0.2) is 0 Å². The number of ether oxygens (including phenoxy) is 1. The maximum atomic E-state index is 12.7. The summed E-state index contributed by atoms with van der Waals surface area (Å²) < 4.78 is 5.61. The summed E-state index contributed by atoms with van der Waals surface area (Å²) in [6.45, 7) is 8.94. The molecule has 1 N–H and O–H groups in total. The van der Waals surface area contributed by atoms with Crippen molar-refractivity contribution in [2.45, 2.75) is 20.8 Å². The highest BCUT2D eigenvalue weighted by atomic mass is 16.5. The van der Waals surface area contributed by atoms with E-state index in [2.05, 4.69) is 10.2 Å². The maximum Gasteiger partial charge on any atom is 0.262 e. The van der Waals surface area contributed by atoms with E-state index in [1.54, 1.807) is 0 Å². The molecule has 6 heteroatoms. The number of nitrogens with zero attached hydrogens (tertiary/aromatic N) is 2. The Morgan fingerprint density at radius 2 is 1.50 bits per heavy atom. The number of rotatable bonds is 6. The number of carbonyl (C=O) groups is 2. The molecule has 0 unspecified atom stereocenters. The molecule has 6 nitrogen and oxygen atoms in total. The Labute approximate surface area is 201 Å². The second-order valence-electron chi connectivity index (χ2n) is 8.78. The van der Waals surface area contributed by atoms with Gasteiger partial charge in [-0.1, -0.05) is 23.8 Å². The average Bonchev–Trinajstić information content (AvgIpc) is 2.85. The smallest absolute Gasteiger partial charge is 0.262 e. The van der Waals surface area contributed by atoms with Crippen molar-refractivity contribution in [2.75, 3.05) is 43.0 Å². The third-order valence-electron chi connectivity index (χ3n) is 6.23. The number of aryl methyl sites for hydroxylation is 3. The predicted octanol–water partition coefficient (Wildman–Crippen LogP) is 4.59. The van der Waals surface area contributed by atoms with Gasteiger partial charge in [-0.2, -0.15) is 0 Å². The molecule has 1 fully saturated rings. The van der Waals surface area contributed by atoms with Gasteiger partial charge < -0.3 is 19.9 Å². The van der Waals surface area contributed by atoms with Gasteiger partial charge >= 0.3 is 0 Å². The normalized spacial score (nSPS) is 13.5. The van der Waals surface area contributed by atoms with Gasteiger partial charge in [0.1, 0.15) is 5.75 Å². The highest BCUT2D eigenvalue weighted by molar-refractivity contribution is 5.94. The summed E-state index contributed by atoms with van der Waals surface area (Å²) in [5, 5.41) is 2.88. The molecule has 0 bridgehead atoms. The number of carbonyl (C=O) groups excluding carboxylic acids is 2. The van der Waals surface area contributed by atoms with Crippen molar-refractivity contribution in [3.8, 4) is 5.75 Å². The lowest BCUT2D eigenvalue weighted by molar-refractivity contribution is -0.118. The lowest BCUT2D eigenvalue weighted by Gasteiger charge is -2.36. The molecular formula is C28H31N3O3. The molecule has 3 aromatic carbocycles. The number of piperazine rings is 1. The first kappa shape index (κ1) is 23.4. The van der Waals surface area contributed by atoms with Crippen molar-refractivity contribution in [1.29, 1.82) is 0 Å². The zero-order chi connectivity index (χ0) is 24.1. The molecule has 176 valence electrons. The maximum absolute atomic E-state index is 12.7. The minimum absolute atomic E-state index is 0.0405. The van der Waals surface area contributed by atoms with Crippen LogP contribution in [0.15, 0.2) is 66.7 Å². The topological polar surface area (TPSA) is 61.9 Å². The van der Waals surface area contributed by atoms with E-state index in [0.29, 0.717) is 18.8 Å². The van der Waals surface area contributed by atoms with E-state index in [1.165, 1.54) is 5.56 Å². The highest BCUT2D eigenvalue weighted by Crippen LogP contribution is 2.21. The summed E-state index contributed by atoms with van der Waals surface area (Å²) in [5.74, 6) is 0.573. The first-order chi connectivity index (χ1) is 16.4. The van der Waals surface area contributed by atoms with Crippen LogP contribution in [0.4, 0.5) is 11.4 Å². The van der Waals surface area contributed by atoms with Crippen LogP contribution in [0.1, 0.15) is 27.0 Å². The van der Waals surface area contributed by atoms with Gasteiger partial charge in [0.2, 0.25) is 0 Å². The Bertz CT molecular complexity index is 1150. The predicted molar refractivity (Wildman–Crippen MR) is 136 cm³/mol. The lowest BCUT2D eigenvalue weighted by atomic mass is 10.1. The molecule has 4 rings (SSSR count). The summed E-state index contributed by atoms with van der Waals surface area (Å²) >= 11 is 0. The minimum Gasteiger partial charge on any atom is -0.484 e. The number of nitrogens with one attached hydrogen (secondary N) is 1. The van der Waals surface area contributed by atoms with Crippen LogP contribution in [0.25, 0.3) is 0 Å². The fourth-order valence-electron chi connectivity index (χ4n) is 3.95. The summed E-state index contributed by atoms with van der Waals surface area (Å²) in [7, 11) is 0. The number of hydrogen-bond donors (Lipinski definition) is 1. The zero-order valence-corrected chi connectivity index (χ0v) is 20.0. The third kappa shape index (κ3) is 5.76. The molecule has 1 heterocycles. The summed E-state index contributed by atoms with van der Waals surface area (Å²) in [6, 6.07) is 21.3. The van der Waals surface area contributed by atoms with E-state index in [9.17, 15) is 9.59 Å². The van der Waals surface area contributed by atoms with Crippen molar-refractivity contribution in [3.05, 3.63) is 89.0 Å². The van der Waals surface area contributed by atoms with Crippen LogP contribution in [0.5, 0.6) is 5.75 Å². The van der Waals surface area contributed by atoms with E-state index in [1.807, 2.05) is 92.4 Å². The fraction of sp³-hybridized carbons (Fsp3) is 0.286. The van der Waals surface area contributed by atoms with E-state index < -0.39 is 0 Å². The molecule has 0 radical (unpaired) electrons. The second-order valence-corrected chi connectivity index (χ2v) is 8.78. The quantitative estimate of drug-likeness (QED) is 0.588. The molecule has 2 amide bonds. The molecule has 1 saturated heterocycles. The Morgan fingerprint density at radius 3 is 2.15 bits per heavy atom. The largest absolute Gasteiger partial charge is 0.484 e. The minimum atomic E-state index is -0.200. The fourth-order valence-corrected chi connectivity index (χ4v) is 3.95. The molecule has 1 aliphatic heterocycles. The summed E-state index contributed by atoms with van der Waals surface area (Å²) in [5.41, 5.74) is 6.01. The monoisotopic (exact) mass is 457 g/mol. The van der Waals surface area contributed by atoms with Gasteiger partial charge in [0, 0.05) is 43.1 Å². The van der Waals surface area contributed by atoms with E-state index in [4.69, 9.17) is 4.74 Å². The van der Waals surface area contributed by atoms with E-state index in [0.717, 1.165) is 41.2 Å². The Morgan fingerprint density at radius 1 is 0.824 bits per heavy atom. The van der Waals surface area contributed by atoms with Crippen LogP contribution in [0.3, 0.4) is 0 Å². The van der Waals surface area contributed by atoms with Crippen LogP contribution in [0.2, 0.25) is 0 Å². The molecule has 3 aromatic rings. The highest BCUT2D eigenvalue weighted by Gasteiger charge is 2.22. The summed E-state index contributed by atoms with van der Waals surface area (Å²) in [6.07, 6.45) is 0. The third-order valence-corrected chi connectivity index (χ3v) is 6.23. The molecule has 1 aliphatic rings. The van der Waals surface area contributed by atoms with Gasteiger partial charge in [0.15, 0.2) is 6.61 Å². The molecule has 0 saturated carbocycles. The number of benzene rings is 3. The first-order valence-electron chi connectivity index (χ1n) is 11.6. The Hall–Kier alpha value is -3.80. The molecule has 0 aromatic heterocycles.